The predicted molar refractivity (Wildman–Crippen MR) is 353 cm³/mol. The minimum absolute atomic E-state index is 0.00446. The summed E-state index contributed by atoms with van der Waals surface area (Å²) in [6.07, 6.45) is 9.91. The van der Waals surface area contributed by atoms with Crippen molar-refractivity contribution in [1.29, 1.82) is 0 Å². The number of hydrogen-bond donors (Lipinski definition) is 0. The lowest BCUT2D eigenvalue weighted by Gasteiger charge is -2.47. The zero-order chi connectivity index (χ0) is 66.0. The molecule has 4 aliphatic heterocycles. The number of unbranched alkanes of at least 4 members (excludes halogenated alkanes) is 2. The Kier molecular flexibility index (Phi) is 17.9. The summed E-state index contributed by atoms with van der Waals surface area (Å²) in [5.41, 5.74) is 5.27. The average molecular weight is 1260 g/mol. The molecule has 18 heteroatoms. The Bertz CT molecular complexity index is 4120. The SMILES string of the molecule is COc1ccc(C(C)(C)c2ccc(OC(=O)CCCCC(=O)OCc3cc([N+](=O)[O-])cc4c3OC3(C=C4)N(Cc4ccc(CN5c6ccccc6C(C)(C)C56C=Cc5cc([N+](=O)[O-])cc(COC(=O)CCCCC(C)=O)c5O6)cc4)c4ccccc4C3(C)C)cc2)cc1. The molecule has 0 bridgehead atoms. The maximum Gasteiger partial charge on any atom is 0.311 e. The van der Waals surface area contributed by atoms with E-state index in [2.05, 4.69) is 99.9 Å². The van der Waals surface area contributed by atoms with Gasteiger partial charge in [-0.15, -0.1) is 0 Å². The minimum Gasteiger partial charge on any atom is -0.497 e. The van der Waals surface area contributed by atoms with E-state index in [0.717, 1.165) is 50.5 Å². The van der Waals surface area contributed by atoms with Gasteiger partial charge in [-0.3, -0.25) is 34.6 Å². The van der Waals surface area contributed by atoms with Crippen LogP contribution in [-0.4, -0.2) is 52.1 Å². The smallest absolute Gasteiger partial charge is 0.311 e. The lowest BCUT2D eigenvalue weighted by Crippen LogP contribution is -2.59. The largest absolute Gasteiger partial charge is 0.497 e. The van der Waals surface area contributed by atoms with Crippen molar-refractivity contribution in [2.45, 2.75) is 154 Å². The molecule has 4 aliphatic rings. The number of methoxy groups -OCH3 is 1. The van der Waals surface area contributed by atoms with E-state index in [-0.39, 0.29) is 55.0 Å². The third-order valence-electron chi connectivity index (χ3n) is 18.9. The Morgan fingerprint density at radius 2 is 0.925 bits per heavy atom. The number of fused-ring (bicyclic) bond motifs is 4. The third kappa shape index (κ3) is 12.6. The van der Waals surface area contributed by atoms with E-state index in [9.17, 15) is 39.4 Å². The average Bonchev–Trinajstić information content (AvgIpc) is 1.56. The van der Waals surface area contributed by atoms with Crippen molar-refractivity contribution in [3.05, 3.63) is 234 Å². The Hall–Kier alpha value is -10.1. The van der Waals surface area contributed by atoms with Gasteiger partial charge in [-0.05, 0) is 154 Å². The summed E-state index contributed by atoms with van der Waals surface area (Å²) in [5.74, 6) is 0.522. The molecule has 0 radical (unpaired) electrons. The number of nitro benzene ring substituents is 2. The normalized spacial score (nSPS) is 17.5. The van der Waals surface area contributed by atoms with E-state index in [1.165, 1.54) is 31.2 Å². The predicted octanol–water partition coefficient (Wildman–Crippen LogP) is 15.4. The summed E-state index contributed by atoms with van der Waals surface area (Å²) in [6, 6.07) is 45.6. The Labute approximate surface area is 541 Å². The first-order valence-electron chi connectivity index (χ1n) is 31.4. The summed E-state index contributed by atoms with van der Waals surface area (Å²) in [6.45, 7) is 14.4. The Morgan fingerprint density at radius 1 is 0.527 bits per heavy atom. The van der Waals surface area contributed by atoms with Crippen LogP contribution in [-0.2, 0) is 71.2 Å². The van der Waals surface area contributed by atoms with Crippen molar-refractivity contribution in [1.82, 2.24) is 0 Å². The van der Waals surface area contributed by atoms with Gasteiger partial charge in [0.15, 0.2) is 0 Å². The maximum atomic E-state index is 13.4. The monoisotopic (exact) mass is 1260 g/mol. The van der Waals surface area contributed by atoms with Crippen molar-refractivity contribution in [3.8, 4) is 23.0 Å². The van der Waals surface area contributed by atoms with Crippen LogP contribution in [0, 0.1) is 20.2 Å². The molecular formula is C75H76N4O14. The molecule has 18 nitrogen and oxygen atoms in total. The summed E-state index contributed by atoms with van der Waals surface area (Å²) in [7, 11) is 1.63. The molecule has 7 aromatic carbocycles. The summed E-state index contributed by atoms with van der Waals surface area (Å²) >= 11 is 0. The van der Waals surface area contributed by atoms with Crippen LogP contribution in [0.25, 0.3) is 12.2 Å². The zero-order valence-corrected chi connectivity index (χ0v) is 53.7. The Morgan fingerprint density at radius 3 is 1.33 bits per heavy atom. The van der Waals surface area contributed by atoms with Crippen molar-refractivity contribution in [3.63, 3.8) is 0 Å². The van der Waals surface area contributed by atoms with Gasteiger partial charge in [-0.2, -0.15) is 0 Å². The zero-order valence-electron chi connectivity index (χ0n) is 53.7. The van der Waals surface area contributed by atoms with Crippen molar-refractivity contribution in [2.24, 2.45) is 0 Å². The highest BCUT2D eigenvalue weighted by Gasteiger charge is 2.60. The van der Waals surface area contributed by atoms with Crippen LogP contribution in [0.4, 0.5) is 22.7 Å². The lowest BCUT2D eigenvalue weighted by molar-refractivity contribution is -0.385. The van der Waals surface area contributed by atoms with Gasteiger partial charge in [0.2, 0.25) is 11.4 Å². The number of ketones is 1. The van der Waals surface area contributed by atoms with Gasteiger partial charge >= 0.3 is 17.9 Å². The fourth-order valence-electron chi connectivity index (χ4n) is 13.4. The van der Waals surface area contributed by atoms with Crippen molar-refractivity contribution < 1.29 is 57.4 Å². The van der Waals surface area contributed by atoms with Crippen LogP contribution in [0.5, 0.6) is 23.0 Å². The molecular weight excluding hydrogens is 1180 g/mol. The van der Waals surface area contributed by atoms with Gasteiger partial charge in [-0.1, -0.05) is 98.8 Å². The molecule has 0 aliphatic carbocycles. The van der Waals surface area contributed by atoms with E-state index in [1.54, 1.807) is 19.2 Å². The van der Waals surface area contributed by atoms with Crippen LogP contribution >= 0.6 is 0 Å². The van der Waals surface area contributed by atoms with E-state index in [0.29, 0.717) is 84.7 Å². The molecule has 0 aromatic heterocycles. The van der Waals surface area contributed by atoms with E-state index in [1.807, 2.05) is 85.0 Å². The number of benzene rings is 7. The van der Waals surface area contributed by atoms with E-state index < -0.39 is 50.0 Å². The first-order valence-corrected chi connectivity index (χ1v) is 31.4. The fraction of sp³-hybridized carbons (Fsp3) is 0.333. The first kappa shape index (κ1) is 64.4. The van der Waals surface area contributed by atoms with Gasteiger partial charge in [0.05, 0.1) is 27.8 Å². The van der Waals surface area contributed by atoms with Gasteiger partial charge in [0.25, 0.3) is 11.4 Å². The second-order valence-electron chi connectivity index (χ2n) is 25.9. The molecule has 0 N–H and O–H groups in total. The molecule has 0 saturated heterocycles. The van der Waals surface area contributed by atoms with E-state index >= 15 is 0 Å². The lowest BCUT2D eigenvalue weighted by atomic mass is 9.76. The molecule has 7 aromatic rings. The van der Waals surface area contributed by atoms with Crippen LogP contribution in [0.3, 0.4) is 0 Å². The number of nitro groups is 2. The van der Waals surface area contributed by atoms with Gasteiger partial charge in [0.1, 0.15) is 42.0 Å². The van der Waals surface area contributed by atoms with Crippen molar-refractivity contribution >= 4 is 58.6 Å². The number of para-hydroxylation sites is 2. The van der Waals surface area contributed by atoms with Crippen LogP contribution in [0.2, 0.25) is 0 Å². The van der Waals surface area contributed by atoms with Gasteiger partial charge < -0.3 is 43.0 Å². The Balaban J connectivity index is 0.779. The summed E-state index contributed by atoms with van der Waals surface area (Å²) in [4.78, 5) is 78.9. The number of rotatable bonds is 24. The van der Waals surface area contributed by atoms with Gasteiger partial charge in [-0.25, -0.2) is 0 Å². The number of anilines is 2. The molecule has 2 spiro atoms. The molecule has 4 heterocycles. The minimum atomic E-state index is -1.17. The molecule has 0 fully saturated rings. The molecule has 2 unspecified atom stereocenters. The van der Waals surface area contributed by atoms with Crippen molar-refractivity contribution in [2.75, 3.05) is 16.9 Å². The first-order chi connectivity index (χ1) is 44.4. The number of carbonyl (C=O) groups excluding carboxylic acids is 4. The van der Waals surface area contributed by atoms with Crippen LogP contribution in [0.1, 0.15) is 155 Å². The standard InChI is InChI=1S/C75H76N4O14/c1-49(80)17-9-14-22-66(81)89-47-54-43-58(78(84)85)41-52-37-39-74(92-69(52)54)72(4,5)62-18-10-12-20-64(62)76(74)45-50-25-27-51(28-26-50)46-77-65-21-13-11-19-63(65)73(6,7)75(77)40-38-53-42-59(79(86)87)44-55(70(53)93-75)48-90-67(82)23-15-16-24-68(83)91-61-35-31-57(32-36-61)71(2,3)56-29-33-60(88-8)34-30-56/h10-13,18-21,25-44H,9,14-17,22-24,45-48H2,1-8H3. The number of nitrogens with zero attached hydrogens (tertiary/aromatic N) is 4. The van der Waals surface area contributed by atoms with Crippen LogP contribution in [0.15, 0.2) is 158 Å². The molecule has 0 amide bonds. The quantitative estimate of drug-likeness (QED) is 0.0181. The van der Waals surface area contributed by atoms with Crippen LogP contribution < -0.4 is 28.7 Å². The maximum absolute atomic E-state index is 13.4. The molecule has 93 heavy (non-hydrogen) atoms. The molecule has 0 saturated carbocycles. The third-order valence-corrected chi connectivity index (χ3v) is 18.9. The molecule has 480 valence electrons. The van der Waals surface area contributed by atoms with E-state index in [4.69, 9.17) is 28.4 Å². The number of Topliss-reactive ketones (excluding diaryl/α,β-unsaturated/α-hetero) is 1. The molecule has 11 rings (SSSR count). The number of hydrogen-bond acceptors (Lipinski definition) is 16. The molecule has 2 atom stereocenters. The second kappa shape index (κ2) is 25.9. The number of ether oxygens (including phenoxy) is 6. The second-order valence-corrected chi connectivity index (χ2v) is 25.9. The highest BCUT2D eigenvalue weighted by Crippen LogP contribution is 2.58. The summed E-state index contributed by atoms with van der Waals surface area (Å²) in [5, 5.41) is 24.6. The number of esters is 3. The fourth-order valence-corrected chi connectivity index (χ4v) is 13.4. The number of carbonyl (C=O) groups is 4. The topological polar surface area (TPSA) is 216 Å². The highest BCUT2D eigenvalue weighted by atomic mass is 16.6. The highest BCUT2D eigenvalue weighted by molar-refractivity contribution is 5.78. The van der Waals surface area contributed by atoms with Gasteiger partial charge in [0, 0.05) is 102 Å². The summed E-state index contributed by atoms with van der Waals surface area (Å²) < 4.78 is 37.1. The number of non-ortho nitro benzene ring substituents is 2.